The SMILES string of the molecule is Cc1ccc(-c2nnn(CCCOc3ccc(S(=O)(=O)C4(C(=O)NO)CCOCC4)cc3)n2)cc1. The van der Waals surface area contributed by atoms with E-state index in [9.17, 15) is 13.2 Å². The summed E-state index contributed by atoms with van der Waals surface area (Å²) in [4.78, 5) is 13.8. The molecule has 0 unspecified atom stereocenters. The van der Waals surface area contributed by atoms with Crippen LogP contribution in [0.15, 0.2) is 53.4 Å². The molecule has 4 rings (SSSR count). The number of ether oxygens (including phenoxy) is 2. The summed E-state index contributed by atoms with van der Waals surface area (Å²) in [5, 5.41) is 21.7. The first-order valence-corrected chi connectivity index (χ1v) is 12.7. The van der Waals surface area contributed by atoms with E-state index >= 15 is 0 Å². The number of hydroxylamine groups is 1. The Morgan fingerprint density at radius 2 is 1.83 bits per heavy atom. The third-order valence-electron chi connectivity index (χ3n) is 6.00. The highest BCUT2D eigenvalue weighted by molar-refractivity contribution is 7.93. The maximum Gasteiger partial charge on any atom is 0.265 e. The van der Waals surface area contributed by atoms with Gasteiger partial charge in [0.2, 0.25) is 5.82 Å². The predicted molar refractivity (Wildman–Crippen MR) is 124 cm³/mol. The van der Waals surface area contributed by atoms with E-state index in [0.29, 0.717) is 31.1 Å². The van der Waals surface area contributed by atoms with Crippen LogP contribution in [0.25, 0.3) is 11.4 Å². The van der Waals surface area contributed by atoms with Crippen molar-refractivity contribution in [3.05, 3.63) is 54.1 Å². The number of nitrogens with one attached hydrogen (secondary N) is 1. The fourth-order valence-electron chi connectivity index (χ4n) is 3.91. The molecular weight excluding hydrogens is 474 g/mol. The van der Waals surface area contributed by atoms with E-state index < -0.39 is 20.5 Å². The van der Waals surface area contributed by atoms with E-state index in [1.807, 2.05) is 31.2 Å². The van der Waals surface area contributed by atoms with Gasteiger partial charge >= 0.3 is 0 Å². The molecule has 12 heteroatoms. The molecule has 35 heavy (non-hydrogen) atoms. The molecule has 1 fully saturated rings. The van der Waals surface area contributed by atoms with Crippen LogP contribution >= 0.6 is 0 Å². The smallest absolute Gasteiger partial charge is 0.265 e. The summed E-state index contributed by atoms with van der Waals surface area (Å²) < 4.78 is 35.7. The second-order valence-electron chi connectivity index (χ2n) is 8.30. The summed E-state index contributed by atoms with van der Waals surface area (Å²) in [5.74, 6) is 0.0942. The van der Waals surface area contributed by atoms with Gasteiger partial charge in [0.05, 0.1) is 18.0 Å². The molecule has 3 aromatic rings. The van der Waals surface area contributed by atoms with Gasteiger partial charge in [0.15, 0.2) is 14.6 Å². The van der Waals surface area contributed by atoms with Gasteiger partial charge in [0.1, 0.15) is 5.75 Å². The van der Waals surface area contributed by atoms with Crippen LogP contribution < -0.4 is 10.2 Å². The number of rotatable bonds is 9. The molecule has 1 aliphatic heterocycles. The molecule has 0 atom stereocenters. The van der Waals surface area contributed by atoms with Crippen molar-refractivity contribution in [1.29, 1.82) is 0 Å². The number of carbonyl (C=O) groups excluding carboxylic acids is 1. The van der Waals surface area contributed by atoms with E-state index in [0.717, 1.165) is 11.1 Å². The average molecular weight is 502 g/mol. The van der Waals surface area contributed by atoms with Crippen LogP contribution in [0, 0.1) is 6.92 Å². The van der Waals surface area contributed by atoms with Gasteiger partial charge < -0.3 is 9.47 Å². The first-order valence-electron chi connectivity index (χ1n) is 11.2. The van der Waals surface area contributed by atoms with Crippen molar-refractivity contribution in [2.24, 2.45) is 0 Å². The zero-order valence-electron chi connectivity index (χ0n) is 19.3. The molecule has 0 saturated carbocycles. The Morgan fingerprint density at radius 1 is 1.14 bits per heavy atom. The van der Waals surface area contributed by atoms with Crippen molar-refractivity contribution in [2.45, 2.75) is 42.4 Å². The summed E-state index contributed by atoms with van der Waals surface area (Å²) in [5.41, 5.74) is 3.56. The number of amides is 1. The van der Waals surface area contributed by atoms with Gasteiger partial charge in [-0.1, -0.05) is 29.8 Å². The van der Waals surface area contributed by atoms with Crippen LogP contribution in [0.1, 0.15) is 24.8 Å². The monoisotopic (exact) mass is 501 g/mol. The number of aromatic nitrogens is 4. The summed E-state index contributed by atoms with van der Waals surface area (Å²) in [6, 6.07) is 13.8. The quantitative estimate of drug-likeness (QED) is 0.255. The largest absolute Gasteiger partial charge is 0.494 e. The van der Waals surface area contributed by atoms with Crippen molar-refractivity contribution in [1.82, 2.24) is 25.7 Å². The molecule has 0 radical (unpaired) electrons. The number of benzene rings is 2. The van der Waals surface area contributed by atoms with Crippen LogP contribution in [-0.2, 0) is 25.9 Å². The van der Waals surface area contributed by atoms with Gasteiger partial charge in [0.25, 0.3) is 5.91 Å². The first kappa shape index (κ1) is 24.8. The van der Waals surface area contributed by atoms with Crippen LogP contribution in [0.3, 0.4) is 0 Å². The van der Waals surface area contributed by atoms with Gasteiger partial charge in [-0.25, -0.2) is 13.9 Å². The number of carbonyl (C=O) groups is 1. The lowest BCUT2D eigenvalue weighted by molar-refractivity contribution is -0.134. The zero-order valence-corrected chi connectivity index (χ0v) is 20.1. The zero-order chi connectivity index (χ0) is 24.9. The molecular formula is C23H27N5O6S. The van der Waals surface area contributed by atoms with Gasteiger partial charge in [-0.15, -0.1) is 10.2 Å². The third kappa shape index (κ3) is 5.19. The number of nitrogens with zero attached hydrogens (tertiary/aromatic N) is 4. The normalized spacial score (nSPS) is 15.5. The number of aryl methyl sites for hydroxylation is 2. The molecule has 1 amide bonds. The van der Waals surface area contributed by atoms with Crippen LogP contribution in [-0.4, -0.2) is 64.3 Å². The summed E-state index contributed by atoms with van der Waals surface area (Å²) >= 11 is 0. The molecule has 2 N–H and O–H groups in total. The van der Waals surface area contributed by atoms with Crippen molar-refractivity contribution in [2.75, 3.05) is 19.8 Å². The Morgan fingerprint density at radius 3 is 2.49 bits per heavy atom. The molecule has 1 aliphatic rings. The molecule has 1 saturated heterocycles. The van der Waals surface area contributed by atoms with Gasteiger partial charge in [-0.3, -0.25) is 10.0 Å². The Hall–Kier alpha value is -3.35. The third-order valence-corrected chi connectivity index (χ3v) is 8.51. The van der Waals surface area contributed by atoms with Gasteiger partial charge in [0, 0.05) is 25.2 Å². The Labute approximate surface area is 202 Å². The topological polar surface area (TPSA) is 146 Å². The van der Waals surface area contributed by atoms with Crippen molar-refractivity contribution in [3.63, 3.8) is 0 Å². The number of hydrogen-bond acceptors (Lipinski definition) is 9. The summed E-state index contributed by atoms with van der Waals surface area (Å²) in [6.07, 6.45) is 0.535. The molecule has 11 nitrogen and oxygen atoms in total. The van der Waals surface area contributed by atoms with Crippen LogP contribution in [0.2, 0.25) is 0 Å². The minimum atomic E-state index is -4.07. The Bertz CT molecular complexity index is 1250. The van der Waals surface area contributed by atoms with Crippen molar-refractivity contribution < 1.29 is 27.9 Å². The molecule has 2 heterocycles. The molecule has 0 aliphatic carbocycles. The Balaban J connectivity index is 1.33. The van der Waals surface area contributed by atoms with E-state index in [1.54, 1.807) is 12.1 Å². The highest BCUT2D eigenvalue weighted by Gasteiger charge is 2.52. The molecule has 0 spiro atoms. The highest BCUT2D eigenvalue weighted by atomic mass is 32.2. The molecule has 2 aromatic carbocycles. The summed E-state index contributed by atoms with van der Waals surface area (Å²) in [6.45, 7) is 3.11. The maximum atomic E-state index is 13.3. The summed E-state index contributed by atoms with van der Waals surface area (Å²) in [7, 11) is -4.07. The van der Waals surface area contributed by atoms with Gasteiger partial charge in [-0.2, -0.15) is 4.80 Å². The molecule has 1 aromatic heterocycles. The minimum absolute atomic E-state index is 0.0224. The van der Waals surface area contributed by atoms with Crippen LogP contribution in [0.5, 0.6) is 5.75 Å². The fourth-order valence-corrected chi connectivity index (χ4v) is 5.85. The Kier molecular flexibility index (Phi) is 7.43. The van der Waals surface area contributed by atoms with Crippen molar-refractivity contribution in [3.8, 4) is 17.1 Å². The predicted octanol–water partition coefficient (Wildman–Crippen LogP) is 1.95. The molecule has 186 valence electrons. The number of hydrogen-bond donors (Lipinski definition) is 2. The number of sulfone groups is 1. The molecule has 0 bridgehead atoms. The second-order valence-corrected chi connectivity index (χ2v) is 10.6. The minimum Gasteiger partial charge on any atom is -0.494 e. The lowest BCUT2D eigenvalue weighted by atomic mass is 9.98. The fraction of sp³-hybridized carbons (Fsp3) is 0.391. The van der Waals surface area contributed by atoms with E-state index in [4.69, 9.17) is 14.7 Å². The number of tetrazole rings is 1. The van der Waals surface area contributed by atoms with Gasteiger partial charge in [-0.05, 0) is 49.2 Å². The maximum absolute atomic E-state index is 13.3. The van der Waals surface area contributed by atoms with E-state index in [1.165, 1.54) is 22.4 Å². The van der Waals surface area contributed by atoms with E-state index in [2.05, 4.69) is 15.4 Å². The second kappa shape index (κ2) is 10.5. The lowest BCUT2D eigenvalue weighted by Gasteiger charge is -2.34. The van der Waals surface area contributed by atoms with E-state index in [-0.39, 0.29) is 31.0 Å². The standard InChI is InChI=1S/C23H27N5O6S/c1-17-3-5-18(6-4-17)21-24-27-28(25-21)13-2-14-34-19-7-9-20(10-8-19)35(31,32)23(22(29)26-30)11-15-33-16-12-23/h3-10,30H,2,11-16H2,1H3,(H,26,29). The lowest BCUT2D eigenvalue weighted by Crippen LogP contribution is -2.54. The first-order chi connectivity index (χ1) is 16.9. The van der Waals surface area contributed by atoms with Crippen LogP contribution in [0.4, 0.5) is 0 Å². The average Bonchev–Trinajstić information content (AvgIpc) is 3.36. The van der Waals surface area contributed by atoms with Crippen molar-refractivity contribution >= 4 is 15.7 Å². The highest BCUT2D eigenvalue weighted by Crippen LogP contribution is 2.35.